The van der Waals surface area contributed by atoms with E-state index in [2.05, 4.69) is 20.9 Å². The monoisotopic (exact) mass is 421 g/mol. The van der Waals surface area contributed by atoms with E-state index in [4.69, 9.17) is 0 Å². The molecule has 2 aliphatic rings. The molecule has 8 nitrogen and oxygen atoms in total. The molecule has 0 unspecified atom stereocenters. The number of aryl methyl sites for hydroxylation is 1. The van der Waals surface area contributed by atoms with E-state index >= 15 is 0 Å². The van der Waals surface area contributed by atoms with Gasteiger partial charge >= 0.3 is 0 Å². The molecule has 31 heavy (non-hydrogen) atoms. The maximum atomic E-state index is 12.8. The van der Waals surface area contributed by atoms with Crippen molar-refractivity contribution in [3.8, 4) is 0 Å². The molecule has 3 amide bonds. The highest BCUT2D eigenvalue weighted by atomic mass is 16.2. The molecule has 0 bridgehead atoms. The molecule has 1 fully saturated rings. The molecule has 1 spiro atoms. The van der Waals surface area contributed by atoms with Crippen molar-refractivity contribution in [2.24, 2.45) is 0 Å². The molecule has 1 saturated heterocycles. The minimum absolute atomic E-state index is 0.0940. The lowest BCUT2D eigenvalue weighted by molar-refractivity contribution is -0.139. The number of benzene rings is 1. The summed E-state index contributed by atoms with van der Waals surface area (Å²) in [5, 5.41) is 9.38. The van der Waals surface area contributed by atoms with E-state index in [1.165, 1.54) is 0 Å². The van der Waals surface area contributed by atoms with Crippen LogP contribution in [0, 0.1) is 6.92 Å². The standard InChI is InChI=1S/C23H27N5O3/c1-15-6-7-18-19(13-15)26-23(27-22(18)31)9-8-20(29)28(12-10-23)16(2)21(30)25-14-17-5-3-4-11-24-17/h3-7,11,13,16,26H,8-10,12,14H2,1-2H3,(H,25,30)(H,27,31)/t16-,23-/m1/s1. The summed E-state index contributed by atoms with van der Waals surface area (Å²) in [6, 6.07) is 10.6. The van der Waals surface area contributed by atoms with E-state index in [9.17, 15) is 14.4 Å². The number of fused-ring (bicyclic) bond motifs is 1. The number of anilines is 1. The van der Waals surface area contributed by atoms with Gasteiger partial charge in [0.25, 0.3) is 5.91 Å². The normalized spacial score (nSPS) is 21.5. The summed E-state index contributed by atoms with van der Waals surface area (Å²) < 4.78 is 0. The second kappa shape index (κ2) is 8.37. The Morgan fingerprint density at radius 2 is 2.06 bits per heavy atom. The molecule has 162 valence electrons. The van der Waals surface area contributed by atoms with Crippen molar-refractivity contribution in [2.75, 3.05) is 11.9 Å². The number of aromatic nitrogens is 1. The Morgan fingerprint density at radius 3 is 2.84 bits per heavy atom. The van der Waals surface area contributed by atoms with Gasteiger partial charge in [-0.3, -0.25) is 19.4 Å². The van der Waals surface area contributed by atoms with Crippen molar-refractivity contribution in [2.45, 2.75) is 51.4 Å². The molecule has 1 aromatic carbocycles. The van der Waals surface area contributed by atoms with Gasteiger partial charge in [0, 0.05) is 31.3 Å². The van der Waals surface area contributed by atoms with Gasteiger partial charge in [0.15, 0.2) is 0 Å². The van der Waals surface area contributed by atoms with Crippen molar-refractivity contribution in [3.63, 3.8) is 0 Å². The van der Waals surface area contributed by atoms with Crippen LogP contribution < -0.4 is 16.0 Å². The molecule has 2 atom stereocenters. The Kier molecular flexibility index (Phi) is 5.63. The molecule has 0 radical (unpaired) electrons. The van der Waals surface area contributed by atoms with Gasteiger partial charge in [-0.1, -0.05) is 12.1 Å². The Hall–Kier alpha value is -3.42. The van der Waals surface area contributed by atoms with Crippen LogP contribution in [-0.4, -0.2) is 45.9 Å². The summed E-state index contributed by atoms with van der Waals surface area (Å²) in [4.78, 5) is 44.0. The van der Waals surface area contributed by atoms with Crippen LogP contribution in [0.3, 0.4) is 0 Å². The summed E-state index contributed by atoms with van der Waals surface area (Å²) in [5.41, 5.74) is 2.50. The van der Waals surface area contributed by atoms with Crippen molar-refractivity contribution in [1.29, 1.82) is 0 Å². The summed E-state index contributed by atoms with van der Waals surface area (Å²) in [5.74, 6) is -0.462. The van der Waals surface area contributed by atoms with Gasteiger partial charge in [-0.2, -0.15) is 0 Å². The summed E-state index contributed by atoms with van der Waals surface area (Å²) in [6.07, 6.45) is 2.89. The van der Waals surface area contributed by atoms with Crippen molar-refractivity contribution >= 4 is 23.4 Å². The van der Waals surface area contributed by atoms with Crippen molar-refractivity contribution in [1.82, 2.24) is 20.5 Å². The molecule has 3 heterocycles. The minimum Gasteiger partial charge on any atom is -0.362 e. The van der Waals surface area contributed by atoms with Crippen LogP contribution in [0.1, 0.15) is 47.8 Å². The van der Waals surface area contributed by atoms with Crippen molar-refractivity contribution in [3.05, 3.63) is 59.4 Å². The predicted octanol–water partition coefficient (Wildman–Crippen LogP) is 1.96. The third-order valence-corrected chi connectivity index (χ3v) is 6.03. The van der Waals surface area contributed by atoms with Crippen LogP contribution in [0.5, 0.6) is 0 Å². The highest BCUT2D eigenvalue weighted by Crippen LogP contribution is 2.32. The highest BCUT2D eigenvalue weighted by Gasteiger charge is 2.41. The zero-order valence-electron chi connectivity index (χ0n) is 17.8. The lowest BCUT2D eigenvalue weighted by Gasteiger charge is -2.40. The zero-order chi connectivity index (χ0) is 22.0. The molecule has 3 N–H and O–H groups in total. The smallest absolute Gasteiger partial charge is 0.255 e. The number of rotatable bonds is 4. The number of carbonyl (C=O) groups is 3. The van der Waals surface area contributed by atoms with Gasteiger partial charge in [0.1, 0.15) is 11.7 Å². The number of likely N-dealkylation sites (tertiary alicyclic amines) is 1. The lowest BCUT2D eigenvalue weighted by atomic mass is 9.94. The highest BCUT2D eigenvalue weighted by molar-refractivity contribution is 6.02. The summed E-state index contributed by atoms with van der Waals surface area (Å²) in [6.45, 7) is 4.38. The Labute approximate surface area is 181 Å². The van der Waals surface area contributed by atoms with Gasteiger partial charge in [0.2, 0.25) is 11.8 Å². The van der Waals surface area contributed by atoms with Gasteiger partial charge in [-0.05, 0) is 50.1 Å². The fourth-order valence-electron chi connectivity index (χ4n) is 4.19. The number of hydrogen-bond acceptors (Lipinski definition) is 5. The number of pyridine rings is 1. The van der Waals surface area contributed by atoms with Crippen LogP contribution in [0.2, 0.25) is 0 Å². The molecule has 1 aromatic heterocycles. The number of nitrogens with one attached hydrogen (secondary N) is 3. The molecule has 0 saturated carbocycles. The average molecular weight is 422 g/mol. The van der Waals surface area contributed by atoms with E-state index < -0.39 is 11.7 Å². The van der Waals surface area contributed by atoms with Crippen LogP contribution >= 0.6 is 0 Å². The van der Waals surface area contributed by atoms with Crippen LogP contribution in [0.15, 0.2) is 42.6 Å². The van der Waals surface area contributed by atoms with E-state index in [1.54, 1.807) is 18.0 Å². The fraction of sp³-hybridized carbons (Fsp3) is 0.391. The predicted molar refractivity (Wildman–Crippen MR) is 116 cm³/mol. The fourth-order valence-corrected chi connectivity index (χ4v) is 4.19. The largest absolute Gasteiger partial charge is 0.362 e. The topological polar surface area (TPSA) is 103 Å². The first kappa shape index (κ1) is 20.8. The molecule has 4 rings (SSSR count). The van der Waals surface area contributed by atoms with Gasteiger partial charge in [0.05, 0.1) is 17.8 Å². The molecule has 8 heteroatoms. The average Bonchev–Trinajstić information content (AvgIpc) is 2.91. The Morgan fingerprint density at radius 1 is 1.23 bits per heavy atom. The summed E-state index contributed by atoms with van der Waals surface area (Å²) >= 11 is 0. The first-order valence-corrected chi connectivity index (χ1v) is 10.6. The molecule has 0 aliphatic carbocycles. The first-order chi connectivity index (χ1) is 14.9. The molecule has 2 aliphatic heterocycles. The van der Waals surface area contributed by atoms with Crippen LogP contribution in [0.25, 0.3) is 0 Å². The first-order valence-electron chi connectivity index (χ1n) is 10.6. The maximum Gasteiger partial charge on any atom is 0.255 e. The van der Waals surface area contributed by atoms with E-state index in [1.807, 2.05) is 43.3 Å². The third kappa shape index (κ3) is 4.38. The number of hydrogen-bond donors (Lipinski definition) is 3. The van der Waals surface area contributed by atoms with Gasteiger partial charge in [-0.25, -0.2) is 0 Å². The van der Waals surface area contributed by atoms with Gasteiger partial charge < -0.3 is 20.9 Å². The third-order valence-electron chi connectivity index (χ3n) is 6.03. The number of carbonyl (C=O) groups excluding carboxylic acids is 3. The molecular formula is C23H27N5O3. The van der Waals surface area contributed by atoms with E-state index in [0.717, 1.165) is 16.9 Å². The maximum absolute atomic E-state index is 12.8. The quantitative estimate of drug-likeness (QED) is 0.700. The van der Waals surface area contributed by atoms with Gasteiger partial charge in [-0.15, -0.1) is 0 Å². The second-order valence-electron chi connectivity index (χ2n) is 8.26. The van der Waals surface area contributed by atoms with Crippen LogP contribution in [0.4, 0.5) is 5.69 Å². The number of amides is 3. The minimum atomic E-state index is -0.702. The molecular weight excluding hydrogens is 394 g/mol. The Balaban J connectivity index is 1.44. The van der Waals surface area contributed by atoms with E-state index in [0.29, 0.717) is 31.5 Å². The Bertz CT molecular complexity index is 1010. The zero-order valence-corrected chi connectivity index (χ0v) is 17.8. The lowest BCUT2D eigenvalue weighted by Crippen LogP contribution is -2.58. The molecule has 2 aromatic rings. The second-order valence-corrected chi connectivity index (χ2v) is 8.26. The summed E-state index contributed by atoms with van der Waals surface area (Å²) in [7, 11) is 0. The SMILES string of the molecule is Cc1ccc2c(c1)N[C@]1(CCC(=O)N([C@H](C)C(=O)NCc3ccccn3)CC1)NC2=O. The van der Waals surface area contributed by atoms with Crippen molar-refractivity contribution < 1.29 is 14.4 Å². The van der Waals surface area contributed by atoms with E-state index in [-0.39, 0.29) is 24.1 Å². The van der Waals surface area contributed by atoms with Crippen LogP contribution in [-0.2, 0) is 16.1 Å². The number of nitrogens with zero attached hydrogens (tertiary/aromatic N) is 2.